The van der Waals surface area contributed by atoms with Gasteiger partial charge in [0.15, 0.2) is 0 Å². The summed E-state index contributed by atoms with van der Waals surface area (Å²) in [6.07, 6.45) is 8.83. The van der Waals surface area contributed by atoms with E-state index in [2.05, 4.69) is 31.0 Å². The zero-order valence-electron chi connectivity index (χ0n) is 19.2. The maximum Gasteiger partial charge on any atom is 0.337 e. The van der Waals surface area contributed by atoms with Crippen molar-refractivity contribution in [3.05, 3.63) is 69.9 Å². The molecule has 2 heterocycles. The highest BCUT2D eigenvalue weighted by Gasteiger charge is 2.27. The van der Waals surface area contributed by atoms with Gasteiger partial charge in [-0.05, 0) is 78.1 Å². The van der Waals surface area contributed by atoms with Crippen molar-refractivity contribution in [2.75, 3.05) is 13.7 Å². The number of carbonyl (C=O) groups is 2. The molecule has 0 saturated carbocycles. The van der Waals surface area contributed by atoms with Crippen molar-refractivity contribution in [2.24, 2.45) is 0 Å². The SMILES string of the molecule is CCCc1cc2c(cc1CC)CCN(C=O)C2CCc1c[nH]c2ccc(C(=O)OC)cc12. The molecule has 0 aliphatic carbocycles. The van der Waals surface area contributed by atoms with E-state index in [1.807, 2.05) is 23.2 Å². The van der Waals surface area contributed by atoms with Crippen LogP contribution in [0.3, 0.4) is 0 Å². The molecule has 1 aliphatic heterocycles. The molecular weight excluding hydrogens is 400 g/mol. The first-order valence-corrected chi connectivity index (χ1v) is 11.6. The van der Waals surface area contributed by atoms with E-state index in [-0.39, 0.29) is 12.0 Å². The Morgan fingerprint density at radius 1 is 1.16 bits per heavy atom. The molecule has 0 bridgehead atoms. The first kappa shape index (κ1) is 22.1. The van der Waals surface area contributed by atoms with Crippen LogP contribution in [0.2, 0.25) is 0 Å². The van der Waals surface area contributed by atoms with E-state index in [1.165, 1.54) is 29.4 Å². The van der Waals surface area contributed by atoms with Crippen molar-refractivity contribution in [3.8, 4) is 0 Å². The molecule has 1 aromatic heterocycles. The van der Waals surface area contributed by atoms with Crippen molar-refractivity contribution >= 4 is 23.3 Å². The summed E-state index contributed by atoms with van der Waals surface area (Å²) in [7, 11) is 1.40. The number of rotatable bonds is 8. The van der Waals surface area contributed by atoms with Gasteiger partial charge in [-0.2, -0.15) is 0 Å². The van der Waals surface area contributed by atoms with E-state index in [4.69, 9.17) is 4.74 Å². The highest BCUT2D eigenvalue weighted by atomic mass is 16.5. The van der Waals surface area contributed by atoms with Gasteiger partial charge in [0.2, 0.25) is 6.41 Å². The first-order valence-electron chi connectivity index (χ1n) is 11.6. The Hall–Kier alpha value is -3.08. The summed E-state index contributed by atoms with van der Waals surface area (Å²) in [6, 6.07) is 10.4. The molecule has 4 rings (SSSR count). The Bertz CT molecular complexity index is 1130. The Labute approximate surface area is 189 Å². The molecule has 3 aromatic rings. The van der Waals surface area contributed by atoms with Crippen LogP contribution in [0.15, 0.2) is 36.5 Å². The number of methoxy groups -OCH3 is 1. The lowest BCUT2D eigenvalue weighted by molar-refractivity contribution is -0.120. The third-order valence-corrected chi connectivity index (χ3v) is 6.77. The van der Waals surface area contributed by atoms with Crippen molar-refractivity contribution in [2.45, 2.75) is 58.4 Å². The Morgan fingerprint density at radius 2 is 2.00 bits per heavy atom. The zero-order valence-corrected chi connectivity index (χ0v) is 19.2. The minimum atomic E-state index is -0.331. The minimum absolute atomic E-state index is 0.0755. The van der Waals surface area contributed by atoms with Gasteiger partial charge in [0, 0.05) is 23.6 Å². The fourth-order valence-electron chi connectivity index (χ4n) is 5.07. The number of nitrogens with zero attached hydrogens (tertiary/aromatic N) is 1. The maximum absolute atomic E-state index is 12.0. The van der Waals surface area contributed by atoms with Crippen LogP contribution in [-0.4, -0.2) is 35.9 Å². The summed E-state index contributed by atoms with van der Waals surface area (Å²) >= 11 is 0. The number of esters is 1. The molecule has 1 amide bonds. The quantitative estimate of drug-likeness (QED) is 0.395. The van der Waals surface area contributed by atoms with Crippen molar-refractivity contribution in [1.29, 1.82) is 0 Å². The summed E-state index contributed by atoms with van der Waals surface area (Å²) in [5.74, 6) is -0.331. The lowest BCUT2D eigenvalue weighted by atomic mass is 9.85. The molecular formula is C27H32N2O3. The average Bonchev–Trinajstić information content (AvgIpc) is 3.23. The second kappa shape index (κ2) is 9.60. The average molecular weight is 433 g/mol. The van der Waals surface area contributed by atoms with Crippen LogP contribution in [0.1, 0.15) is 70.9 Å². The number of amides is 1. The number of hydrogen-bond donors (Lipinski definition) is 1. The summed E-state index contributed by atoms with van der Waals surface area (Å²) in [5.41, 5.74) is 8.26. The maximum atomic E-state index is 12.0. The van der Waals surface area contributed by atoms with Crippen LogP contribution in [0.5, 0.6) is 0 Å². The fraction of sp³-hybridized carbons (Fsp3) is 0.407. The predicted molar refractivity (Wildman–Crippen MR) is 127 cm³/mol. The molecule has 0 spiro atoms. The molecule has 5 heteroatoms. The summed E-state index contributed by atoms with van der Waals surface area (Å²) in [6.45, 7) is 5.20. The van der Waals surface area contributed by atoms with Crippen LogP contribution in [0, 0.1) is 0 Å². The van der Waals surface area contributed by atoms with Gasteiger partial charge in [0.05, 0.1) is 18.7 Å². The number of aryl methyl sites for hydroxylation is 3. The number of aromatic amines is 1. The second-order valence-corrected chi connectivity index (χ2v) is 8.64. The van der Waals surface area contributed by atoms with Gasteiger partial charge in [0.1, 0.15) is 0 Å². The molecule has 0 saturated heterocycles. The third-order valence-electron chi connectivity index (χ3n) is 6.77. The normalized spacial score (nSPS) is 15.6. The van der Waals surface area contributed by atoms with E-state index < -0.39 is 0 Å². The second-order valence-electron chi connectivity index (χ2n) is 8.64. The Morgan fingerprint density at radius 3 is 2.72 bits per heavy atom. The van der Waals surface area contributed by atoms with Crippen LogP contribution in [-0.2, 0) is 35.2 Å². The molecule has 1 atom stereocenters. The van der Waals surface area contributed by atoms with E-state index in [1.54, 1.807) is 6.07 Å². The fourth-order valence-corrected chi connectivity index (χ4v) is 5.07. The van der Waals surface area contributed by atoms with Crippen LogP contribution < -0.4 is 0 Å². The largest absolute Gasteiger partial charge is 0.465 e. The van der Waals surface area contributed by atoms with Crippen molar-refractivity contribution in [1.82, 2.24) is 9.88 Å². The monoisotopic (exact) mass is 432 g/mol. The third kappa shape index (κ3) is 4.16. The van der Waals surface area contributed by atoms with Crippen molar-refractivity contribution < 1.29 is 14.3 Å². The van der Waals surface area contributed by atoms with Crippen LogP contribution in [0.4, 0.5) is 0 Å². The van der Waals surface area contributed by atoms with Gasteiger partial charge in [-0.1, -0.05) is 32.4 Å². The number of fused-ring (bicyclic) bond motifs is 2. The number of nitrogens with one attached hydrogen (secondary N) is 1. The Kier molecular flexibility index (Phi) is 6.63. The predicted octanol–water partition coefficient (Wildman–Crippen LogP) is 5.16. The summed E-state index contributed by atoms with van der Waals surface area (Å²) in [5, 5.41) is 1.04. The molecule has 168 valence electrons. The number of carbonyl (C=O) groups excluding carboxylic acids is 2. The van der Waals surface area contributed by atoms with E-state index in [0.29, 0.717) is 5.56 Å². The molecule has 1 N–H and O–H groups in total. The Balaban J connectivity index is 1.65. The smallest absolute Gasteiger partial charge is 0.337 e. The lowest BCUT2D eigenvalue weighted by Gasteiger charge is -2.36. The molecule has 0 radical (unpaired) electrons. The van der Waals surface area contributed by atoms with Crippen molar-refractivity contribution in [3.63, 3.8) is 0 Å². The van der Waals surface area contributed by atoms with Gasteiger partial charge in [-0.25, -0.2) is 4.79 Å². The van der Waals surface area contributed by atoms with E-state index in [0.717, 1.165) is 67.9 Å². The highest BCUT2D eigenvalue weighted by Crippen LogP contribution is 2.35. The summed E-state index contributed by atoms with van der Waals surface area (Å²) in [4.78, 5) is 29.1. The topological polar surface area (TPSA) is 62.4 Å². The molecule has 1 aliphatic rings. The number of aromatic nitrogens is 1. The standard InChI is InChI=1S/C27H32N2O3/c1-4-6-19-14-24-20(13-18(19)5-2)11-12-29(17-30)26(24)10-8-22-16-28-25-9-7-21(15-23(22)25)27(31)32-3/h7,9,13-17,26,28H,4-6,8,10-12H2,1-3H3. The van der Waals surface area contributed by atoms with Crippen LogP contribution in [0.25, 0.3) is 10.9 Å². The van der Waals surface area contributed by atoms with Gasteiger partial charge in [-0.3, -0.25) is 4.79 Å². The lowest BCUT2D eigenvalue weighted by Crippen LogP contribution is -2.35. The molecule has 1 unspecified atom stereocenters. The number of hydrogen-bond acceptors (Lipinski definition) is 3. The highest BCUT2D eigenvalue weighted by molar-refractivity contribution is 5.95. The molecule has 5 nitrogen and oxygen atoms in total. The van der Waals surface area contributed by atoms with Crippen LogP contribution >= 0.6 is 0 Å². The minimum Gasteiger partial charge on any atom is -0.465 e. The first-order chi connectivity index (χ1) is 15.6. The van der Waals surface area contributed by atoms with Gasteiger partial charge in [0.25, 0.3) is 0 Å². The number of ether oxygens (including phenoxy) is 1. The summed E-state index contributed by atoms with van der Waals surface area (Å²) < 4.78 is 4.88. The number of H-pyrrole nitrogens is 1. The molecule has 0 fully saturated rings. The zero-order chi connectivity index (χ0) is 22.7. The van der Waals surface area contributed by atoms with E-state index >= 15 is 0 Å². The number of benzene rings is 2. The van der Waals surface area contributed by atoms with E-state index in [9.17, 15) is 9.59 Å². The molecule has 32 heavy (non-hydrogen) atoms. The van der Waals surface area contributed by atoms with Gasteiger partial charge >= 0.3 is 5.97 Å². The van der Waals surface area contributed by atoms with Gasteiger partial charge in [-0.15, -0.1) is 0 Å². The van der Waals surface area contributed by atoms with Gasteiger partial charge < -0.3 is 14.6 Å². The molecule has 2 aromatic carbocycles.